The van der Waals surface area contributed by atoms with Crippen LogP contribution < -0.4 is 22.7 Å². The molecule has 5 aromatic rings. The van der Waals surface area contributed by atoms with E-state index in [2.05, 4.69) is 39.4 Å². The van der Waals surface area contributed by atoms with Crippen LogP contribution in [0.15, 0.2) is 41.1 Å². The molecule has 342 valence electrons. The monoisotopic (exact) mass is 948 g/mol. The molecule has 0 saturated carbocycles. The van der Waals surface area contributed by atoms with Gasteiger partial charge in [-0.3, -0.25) is 46.1 Å². The average Bonchev–Trinajstić information content (AvgIpc) is 4.04. The highest BCUT2D eigenvalue weighted by atomic mass is 31.2. The van der Waals surface area contributed by atoms with Gasteiger partial charge in [-0.15, -0.1) is 0 Å². The summed E-state index contributed by atoms with van der Waals surface area (Å²) >= 11 is 0. The van der Waals surface area contributed by atoms with E-state index in [1.165, 1.54) is 47.6 Å². The van der Waals surface area contributed by atoms with E-state index in [4.69, 9.17) is 43.8 Å². The van der Waals surface area contributed by atoms with Crippen LogP contribution in [0, 0.1) is 6.92 Å². The minimum Gasteiger partial charge on any atom is -0.390 e. The number of nitrogen functional groups attached to an aromatic ring is 2. The van der Waals surface area contributed by atoms with Gasteiger partial charge in [0.15, 0.2) is 22.9 Å². The standard InChI is InChI=1S/C30H39N12O18P3/c1-13-5-40(30(45)39-29(13)44)20-2-14(43)17(56-20)6-54-62(49,50)60-16-4-22(42-12-38-24-26(32)34-10-36-28(24)42)58-19(16)8-55-63(51,52)59-15-3-21(57-18(15)7-53-61(46,47)48)41-11-37-23-25(31)33-9-35-27(23)41/h5,9-12,14-22,43H,2-4,6-8H2,1H3,(H,49,50)(H,51,52)(H2,31,33,35)(H2,32,34,36)(H,39,44,45)(H2,46,47,48)/t14?,15?,16?,17-,18-,19-,20-,21-,22-/m1/s1. The maximum absolute atomic E-state index is 13.6. The molecule has 30 nitrogen and oxygen atoms in total. The molecule has 3 aliphatic heterocycles. The third-order valence-corrected chi connectivity index (χ3v) is 12.7. The van der Waals surface area contributed by atoms with Crippen LogP contribution in [0.1, 0.15) is 43.5 Å². The van der Waals surface area contributed by atoms with Gasteiger partial charge in [-0.25, -0.2) is 48.4 Å². The fraction of sp³-hybridized carbons (Fsp3) is 0.533. The Hall–Kier alpha value is -4.45. The van der Waals surface area contributed by atoms with Gasteiger partial charge in [-0.2, -0.15) is 0 Å². The van der Waals surface area contributed by atoms with Crippen molar-refractivity contribution in [1.82, 2.24) is 48.6 Å². The highest BCUT2D eigenvalue weighted by Gasteiger charge is 2.47. The van der Waals surface area contributed by atoms with Crippen molar-refractivity contribution < 1.29 is 75.2 Å². The summed E-state index contributed by atoms with van der Waals surface area (Å²) in [5.74, 6) is 0.0881. The first kappa shape index (κ1) is 45.1. The number of imidazole rings is 2. The number of rotatable bonds is 16. The number of anilines is 2. The van der Waals surface area contributed by atoms with Crippen molar-refractivity contribution in [2.75, 3.05) is 31.3 Å². The number of nitrogens with one attached hydrogen (secondary N) is 1. The van der Waals surface area contributed by atoms with Crippen LogP contribution in [0.25, 0.3) is 22.3 Å². The first-order valence-corrected chi connectivity index (χ1v) is 23.1. The number of ether oxygens (including phenoxy) is 3. The number of hydrogen-bond acceptors (Lipinski definition) is 22. The van der Waals surface area contributed by atoms with Gasteiger partial charge in [0.05, 0.1) is 38.6 Å². The Bertz CT molecular complexity index is 2760. The van der Waals surface area contributed by atoms with E-state index in [-0.39, 0.29) is 58.8 Å². The lowest BCUT2D eigenvalue weighted by Gasteiger charge is -2.24. The Kier molecular flexibility index (Phi) is 12.5. The molecule has 11 atom stereocenters. The largest absolute Gasteiger partial charge is 0.472 e. The zero-order valence-corrected chi connectivity index (χ0v) is 35.1. The van der Waals surface area contributed by atoms with Gasteiger partial charge in [0.2, 0.25) is 0 Å². The van der Waals surface area contributed by atoms with Crippen molar-refractivity contribution in [3.63, 3.8) is 0 Å². The van der Waals surface area contributed by atoms with E-state index in [1.54, 1.807) is 0 Å². The van der Waals surface area contributed by atoms with E-state index in [0.717, 1.165) is 4.57 Å². The Morgan fingerprint density at radius 2 is 1.16 bits per heavy atom. The summed E-state index contributed by atoms with van der Waals surface area (Å²) in [6.07, 6.45) is -5.72. The molecule has 0 bridgehead atoms. The van der Waals surface area contributed by atoms with Crippen molar-refractivity contribution in [3.05, 3.63) is 57.9 Å². The molecule has 33 heteroatoms. The highest BCUT2D eigenvalue weighted by Crippen LogP contribution is 2.52. The van der Waals surface area contributed by atoms with E-state index in [9.17, 15) is 48.0 Å². The van der Waals surface area contributed by atoms with Crippen molar-refractivity contribution in [2.24, 2.45) is 0 Å². The van der Waals surface area contributed by atoms with Crippen molar-refractivity contribution in [1.29, 1.82) is 0 Å². The third-order valence-electron chi connectivity index (χ3n) is 10.2. The molecule has 3 aliphatic rings. The Morgan fingerprint density at radius 1 is 0.698 bits per heavy atom. The number of nitrogens with zero attached hydrogens (tertiary/aromatic N) is 9. The van der Waals surface area contributed by atoms with Crippen LogP contribution in [0.3, 0.4) is 0 Å². The molecule has 0 aliphatic carbocycles. The summed E-state index contributed by atoms with van der Waals surface area (Å²) in [5.41, 5.74) is 11.4. The SMILES string of the molecule is Cc1cn([C@H]2CC(O)[C@@H](COP(=O)(O)OC3C[C@H](n4cnc5c(N)ncnc54)O[C@@H]3COP(=O)(O)OC3C[C@H](n4cnc5c(N)ncnc54)O[C@@H]3COP(=O)(O)O)O2)c(=O)[nH]c1=O. The number of aliphatic hydroxyl groups is 1. The lowest BCUT2D eigenvalue weighted by atomic mass is 10.2. The predicted molar refractivity (Wildman–Crippen MR) is 206 cm³/mol. The average molecular weight is 949 g/mol. The number of H-pyrrole nitrogens is 1. The molecule has 0 aromatic carbocycles. The first-order valence-electron chi connectivity index (χ1n) is 18.6. The molecule has 8 heterocycles. The van der Waals surface area contributed by atoms with Crippen molar-refractivity contribution in [2.45, 2.75) is 81.5 Å². The topological polar surface area (TPSA) is 420 Å². The Labute approximate surface area is 351 Å². The second-order valence-corrected chi connectivity index (χ2v) is 18.5. The summed E-state index contributed by atoms with van der Waals surface area (Å²) in [6, 6.07) is 0. The molecule has 0 amide bonds. The molecule has 0 radical (unpaired) electrons. The van der Waals surface area contributed by atoms with Gasteiger partial charge in [0.1, 0.15) is 72.9 Å². The maximum Gasteiger partial charge on any atom is 0.472 e. The zero-order chi connectivity index (χ0) is 45.0. The van der Waals surface area contributed by atoms with E-state index >= 15 is 0 Å². The smallest absolute Gasteiger partial charge is 0.390 e. The van der Waals surface area contributed by atoms with Crippen molar-refractivity contribution >= 4 is 57.4 Å². The molecule has 63 heavy (non-hydrogen) atoms. The molecule has 3 saturated heterocycles. The molecule has 10 N–H and O–H groups in total. The number of aromatic amines is 1. The van der Waals surface area contributed by atoms with Gasteiger partial charge in [-0.1, -0.05) is 0 Å². The fourth-order valence-electron chi connectivity index (χ4n) is 7.17. The minimum atomic E-state index is -5.18. The minimum absolute atomic E-state index is 0.0384. The van der Waals surface area contributed by atoms with E-state index in [0.29, 0.717) is 0 Å². The van der Waals surface area contributed by atoms with E-state index < -0.39 is 110 Å². The Balaban J connectivity index is 0.967. The zero-order valence-electron chi connectivity index (χ0n) is 32.4. The number of hydrogen-bond donors (Lipinski definition) is 8. The number of aromatic nitrogens is 10. The van der Waals surface area contributed by atoms with Crippen LogP contribution >= 0.6 is 23.5 Å². The summed E-state index contributed by atoms with van der Waals surface area (Å²) < 4.78 is 86.3. The fourth-order valence-corrected chi connectivity index (χ4v) is 9.43. The van der Waals surface area contributed by atoms with Crippen molar-refractivity contribution in [3.8, 4) is 0 Å². The van der Waals surface area contributed by atoms with Crippen LogP contribution in [-0.4, -0.2) is 130 Å². The third kappa shape index (κ3) is 9.96. The van der Waals surface area contributed by atoms with Crippen LogP contribution in [0.5, 0.6) is 0 Å². The van der Waals surface area contributed by atoms with Gasteiger partial charge in [-0.05, 0) is 6.92 Å². The second-order valence-electron chi connectivity index (χ2n) is 14.4. The predicted octanol–water partition coefficient (Wildman–Crippen LogP) is -0.974. The summed E-state index contributed by atoms with van der Waals surface area (Å²) in [5, 5.41) is 10.7. The molecular formula is C30H39N12O18P3. The number of aliphatic hydroxyl groups excluding tert-OH is 1. The number of fused-ring (bicyclic) bond motifs is 2. The molecule has 8 rings (SSSR count). The Morgan fingerprint density at radius 3 is 1.67 bits per heavy atom. The molecule has 3 fully saturated rings. The van der Waals surface area contributed by atoms with E-state index in [1.807, 2.05) is 0 Å². The van der Waals surface area contributed by atoms with Gasteiger partial charge >= 0.3 is 29.2 Å². The summed E-state index contributed by atoms with van der Waals surface area (Å²) in [4.78, 5) is 91.4. The van der Waals surface area contributed by atoms with Crippen LogP contribution in [0.4, 0.5) is 11.6 Å². The number of phosphoric acid groups is 3. The lowest BCUT2D eigenvalue weighted by Crippen LogP contribution is -2.33. The van der Waals surface area contributed by atoms with Gasteiger partial charge < -0.3 is 50.4 Å². The summed E-state index contributed by atoms with van der Waals surface area (Å²) in [6.45, 7) is -0.883. The van der Waals surface area contributed by atoms with Crippen LogP contribution in [0.2, 0.25) is 0 Å². The normalized spacial score (nSPS) is 28.5. The summed E-state index contributed by atoms with van der Waals surface area (Å²) in [7, 11) is -15.3. The van der Waals surface area contributed by atoms with Crippen LogP contribution in [-0.2, 0) is 50.5 Å². The number of phosphoric ester groups is 3. The molecular weight excluding hydrogens is 909 g/mol. The molecule has 5 aromatic heterocycles. The molecule has 0 spiro atoms. The quantitative estimate of drug-likeness (QED) is 0.0551. The highest BCUT2D eigenvalue weighted by molar-refractivity contribution is 7.47. The maximum atomic E-state index is 13.6. The van der Waals surface area contributed by atoms with Gasteiger partial charge in [0.25, 0.3) is 5.56 Å². The number of aryl methyl sites for hydroxylation is 1. The van der Waals surface area contributed by atoms with Gasteiger partial charge in [0, 0.05) is 31.0 Å². The number of nitrogens with two attached hydrogens (primary N) is 2. The lowest BCUT2D eigenvalue weighted by molar-refractivity contribution is -0.0603. The second kappa shape index (κ2) is 17.5. The molecule has 5 unspecified atom stereocenters. The first-order chi connectivity index (χ1) is 29.7.